The standard InChI is InChI=1S/C25H26N2O2/c1-19-10-9-13-21(16-19)18-24(28)26-23(17-20-11-5-3-6-12-20)25(29)27(2)22-14-7-4-8-15-22/h3-16,23H,17-18H2,1-2H3,(H,26,28)/t23-/m0/s1. The molecule has 0 saturated heterocycles. The van der Waals surface area contributed by atoms with Crippen molar-refractivity contribution in [3.05, 3.63) is 102 Å². The molecule has 1 N–H and O–H groups in total. The normalized spacial score (nSPS) is 11.5. The Bertz CT molecular complexity index is 955. The van der Waals surface area contributed by atoms with Crippen LogP contribution in [0.25, 0.3) is 0 Å². The molecular formula is C25H26N2O2. The molecule has 148 valence electrons. The fourth-order valence-corrected chi connectivity index (χ4v) is 3.32. The van der Waals surface area contributed by atoms with Gasteiger partial charge in [0.25, 0.3) is 0 Å². The second-order valence-electron chi connectivity index (χ2n) is 7.21. The number of anilines is 1. The van der Waals surface area contributed by atoms with Crippen molar-refractivity contribution in [3.8, 4) is 0 Å². The van der Waals surface area contributed by atoms with E-state index in [1.54, 1.807) is 11.9 Å². The van der Waals surface area contributed by atoms with E-state index < -0.39 is 6.04 Å². The number of amides is 2. The summed E-state index contributed by atoms with van der Waals surface area (Å²) in [7, 11) is 1.74. The Kier molecular flexibility index (Phi) is 6.80. The van der Waals surface area contributed by atoms with Crippen molar-refractivity contribution in [2.24, 2.45) is 0 Å². The summed E-state index contributed by atoms with van der Waals surface area (Å²) >= 11 is 0. The minimum atomic E-state index is -0.639. The summed E-state index contributed by atoms with van der Waals surface area (Å²) < 4.78 is 0. The first-order chi connectivity index (χ1) is 14.0. The molecule has 0 saturated carbocycles. The molecule has 0 aliphatic heterocycles. The average molecular weight is 386 g/mol. The van der Waals surface area contributed by atoms with Gasteiger partial charge in [0, 0.05) is 19.2 Å². The third-order valence-corrected chi connectivity index (χ3v) is 4.84. The van der Waals surface area contributed by atoms with E-state index in [-0.39, 0.29) is 18.2 Å². The van der Waals surface area contributed by atoms with Gasteiger partial charge in [-0.15, -0.1) is 0 Å². The summed E-state index contributed by atoms with van der Waals surface area (Å²) in [5.74, 6) is -0.302. The summed E-state index contributed by atoms with van der Waals surface area (Å²) in [6.45, 7) is 2.00. The SMILES string of the molecule is Cc1cccc(CC(=O)N[C@@H](Cc2ccccc2)C(=O)N(C)c2ccccc2)c1. The lowest BCUT2D eigenvalue weighted by Crippen LogP contribution is -2.49. The number of aryl methyl sites for hydroxylation is 1. The number of rotatable bonds is 7. The smallest absolute Gasteiger partial charge is 0.249 e. The minimum Gasteiger partial charge on any atom is -0.344 e. The highest BCUT2D eigenvalue weighted by atomic mass is 16.2. The Hall–Kier alpha value is -3.40. The van der Waals surface area contributed by atoms with Gasteiger partial charge in [0.15, 0.2) is 0 Å². The maximum absolute atomic E-state index is 13.2. The molecule has 0 aromatic heterocycles. The lowest BCUT2D eigenvalue weighted by molar-refractivity contribution is -0.127. The molecule has 29 heavy (non-hydrogen) atoms. The first-order valence-electron chi connectivity index (χ1n) is 9.74. The molecular weight excluding hydrogens is 360 g/mol. The maximum Gasteiger partial charge on any atom is 0.249 e. The molecule has 3 aromatic rings. The van der Waals surface area contributed by atoms with Gasteiger partial charge in [-0.25, -0.2) is 0 Å². The molecule has 1 atom stereocenters. The second-order valence-corrected chi connectivity index (χ2v) is 7.21. The molecule has 3 rings (SSSR count). The van der Waals surface area contributed by atoms with Crippen LogP contribution >= 0.6 is 0 Å². The van der Waals surface area contributed by atoms with Crippen molar-refractivity contribution < 1.29 is 9.59 Å². The van der Waals surface area contributed by atoms with Gasteiger partial charge in [-0.05, 0) is 30.2 Å². The van der Waals surface area contributed by atoms with E-state index in [1.807, 2.05) is 91.9 Å². The van der Waals surface area contributed by atoms with Crippen molar-refractivity contribution in [1.82, 2.24) is 5.32 Å². The number of nitrogens with zero attached hydrogens (tertiary/aromatic N) is 1. The predicted octanol–water partition coefficient (Wildman–Crippen LogP) is 3.93. The largest absolute Gasteiger partial charge is 0.344 e. The van der Waals surface area contributed by atoms with Crippen molar-refractivity contribution in [2.75, 3.05) is 11.9 Å². The molecule has 4 nitrogen and oxygen atoms in total. The molecule has 0 aliphatic rings. The molecule has 3 aromatic carbocycles. The van der Waals surface area contributed by atoms with Crippen LogP contribution in [0.4, 0.5) is 5.69 Å². The Morgan fingerprint density at radius 3 is 2.14 bits per heavy atom. The fourth-order valence-electron chi connectivity index (χ4n) is 3.32. The molecule has 0 bridgehead atoms. The topological polar surface area (TPSA) is 49.4 Å². The third-order valence-electron chi connectivity index (χ3n) is 4.84. The number of hydrogen-bond donors (Lipinski definition) is 1. The molecule has 0 radical (unpaired) electrons. The van der Waals surface area contributed by atoms with Gasteiger partial charge in [0.05, 0.1) is 6.42 Å². The monoisotopic (exact) mass is 386 g/mol. The number of carbonyl (C=O) groups excluding carboxylic acids is 2. The van der Waals surface area contributed by atoms with E-state index in [9.17, 15) is 9.59 Å². The molecule has 0 aliphatic carbocycles. The van der Waals surface area contributed by atoms with Crippen LogP contribution in [0.3, 0.4) is 0 Å². The van der Waals surface area contributed by atoms with Gasteiger partial charge in [0.2, 0.25) is 11.8 Å². The first-order valence-corrected chi connectivity index (χ1v) is 9.74. The summed E-state index contributed by atoms with van der Waals surface area (Å²) in [6.07, 6.45) is 0.686. The Balaban J connectivity index is 1.76. The molecule has 0 fully saturated rings. The zero-order valence-electron chi connectivity index (χ0n) is 16.8. The third kappa shape index (κ3) is 5.79. The van der Waals surface area contributed by atoms with E-state index in [1.165, 1.54) is 0 Å². The van der Waals surface area contributed by atoms with Gasteiger partial charge >= 0.3 is 0 Å². The van der Waals surface area contributed by atoms with E-state index >= 15 is 0 Å². The van der Waals surface area contributed by atoms with Crippen LogP contribution in [0, 0.1) is 6.92 Å². The minimum absolute atomic E-state index is 0.141. The lowest BCUT2D eigenvalue weighted by atomic mass is 10.0. The van der Waals surface area contributed by atoms with Crippen molar-refractivity contribution in [3.63, 3.8) is 0 Å². The van der Waals surface area contributed by atoms with Crippen molar-refractivity contribution >= 4 is 17.5 Å². The van der Waals surface area contributed by atoms with Gasteiger partial charge in [0.1, 0.15) is 6.04 Å². The first kappa shape index (κ1) is 20.3. The highest BCUT2D eigenvalue weighted by Gasteiger charge is 2.25. The van der Waals surface area contributed by atoms with E-state index in [2.05, 4.69) is 5.32 Å². The van der Waals surface area contributed by atoms with Crippen LogP contribution in [0.2, 0.25) is 0 Å². The summed E-state index contributed by atoms with van der Waals surface area (Å²) in [5.41, 5.74) is 3.84. The van der Waals surface area contributed by atoms with Gasteiger partial charge in [-0.2, -0.15) is 0 Å². The highest BCUT2D eigenvalue weighted by molar-refractivity contribution is 5.99. The van der Waals surface area contributed by atoms with Crippen molar-refractivity contribution in [1.29, 1.82) is 0 Å². The zero-order chi connectivity index (χ0) is 20.6. The molecule has 0 unspecified atom stereocenters. The molecule has 0 heterocycles. The van der Waals surface area contributed by atoms with Gasteiger partial charge in [-0.1, -0.05) is 78.4 Å². The van der Waals surface area contributed by atoms with Crippen LogP contribution in [0.5, 0.6) is 0 Å². The van der Waals surface area contributed by atoms with Crippen LogP contribution in [0.15, 0.2) is 84.9 Å². The fraction of sp³-hybridized carbons (Fsp3) is 0.200. The highest BCUT2D eigenvalue weighted by Crippen LogP contribution is 2.14. The Labute approximate surface area is 172 Å². The number of carbonyl (C=O) groups is 2. The summed E-state index contributed by atoms with van der Waals surface area (Å²) in [4.78, 5) is 27.5. The number of benzene rings is 3. The quantitative estimate of drug-likeness (QED) is 0.669. The lowest BCUT2D eigenvalue weighted by Gasteiger charge is -2.25. The van der Waals surface area contributed by atoms with Crippen LogP contribution in [-0.4, -0.2) is 24.9 Å². The Morgan fingerprint density at radius 1 is 0.862 bits per heavy atom. The van der Waals surface area contributed by atoms with E-state index in [0.29, 0.717) is 6.42 Å². The number of likely N-dealkylation sites (N-methyl/N-ethyl adjacent to an activating group) is 1. The second kappa shape index (κ2) is 9.69. The van der Waals surface area contributed by atoms with Gasteiger partial charge in [-0.3, -0.25) is 9.59 Å². The van der Waals surface area contributed by atoms with Crippen molar-refractivity contribution in [2.45, 2.75) is 25.8 Å². The average Bonchev–Trinajstić information content (AvgIpc) is 2.73. The molecule has 0 spiro atoms. The number of para-hydroxylation sites is 1. The van der Waals surface area contributed by atoms with E-state index in [4.69, 9.17) is 0 Å². The zero-order valence-corrected chi connectivity index (χ0v) is 16.8. The molecule has 2 amide bonds. The van der Waals surface area contributed by atoms with Crippen LogP contribution in [-0.2, 0) is 22.4 Å². The summed E-state index contributed by atoms with van der Waals surface area (Å²) in [5, 5.41) is 2.95. The number of hydrogen-bond acceptors (Lipinski definition) is 2. The summed E-state index contributed by atoms with van der Waals surface area (Å²) in [6, 6.07) is 26.4. The molecule has 4 heteroatoms. The van der Waals surface area contributed by atoms with Crippen LogP contribution < -0.4 is 10.2 Å². The van der Waals surface area contributed by atoms with Gasteiger partial charge < -0.3 is 10.2 Å². The van der Waals surface area contributed by atoms with Crippen LogP contribution in [0.1, 0.15) is 16.7 Å². The Morgan fingerprint density at radius 2 is 1.48 bits per heavy atom. The van der Waals surface area contributed by atoms with E-state index in [0.717, 1.165) is 22.4 Å². The maximum atomic E-state index is 13.2. The predicted molar refractivity (Wildman–Crippen MR) is 117 cm³/mol. The number of nitrogens with one attached hydrogen (secondary N) is 1.